The molecule has 1 rings (SSSR count). The molecule has 0 aliphatic heterocycles. The second kappa shape index (κ2) is 5.41. The van der Waals surface area contributed by atoms with E-state index >= 15 is 0 Å². The Balaban J connectivity index is 2.24. The summed E-state index contributed by atoms with van der Waals surface area (Å²) in [5.74, 6) is 0. The van der Waals surface area contributed by atoms with Crippen molar-refractivity contribution in [3.8, 4) is 0 Å². The molecule has 0 heterocycles. The Morgan fingerprint density at radius 3 is 2.79 bits per heavy atom. The maximum absolute atomic E-state index is 3.71. The highest BCUT2D eigenvalue weighted by molar-refractivity contribution is 7.99. The van der Waals surface area contributed by atoms with Crippen LogP contribution in [0.1, 0.15) is 46.5 Å². The lowest BCUT2D eigenvalue weighted by molar-refractivity contribution is 0.199. The Bertz CT molecular complexity index is 168. The summed E-state index contributed by atoms with van der Waals surface area (Å²) >= 11 is 1.95. The van der Waals surface area contributed by atoms with Crippen molar-refractivity contribution in [2.24, 2.45) is 5.41 Å². The molecular formula is C12H25NS. The molecule has 2 heteroatoms. The Labute approximate surface area is 93.4 Å². The fourth-order valence-electron chi connectivity index (χ4n) is 2.29. The van der Waals surface area contributed by atoms with Crippen LogP contribution in [-0.2, 0) is 0 Å². The lowest BCUT2D eigenvalue weighted by atomic mass is 9.75. The van der Waals surface area contributed by atoms with E-state index < -0.39 is 0 Å². The van der Waals surface area contributed by atoms with Crippen molar-refractivity contribution >= 4 is 11.8 Å². The van der Waals surface area contributed by atoms with Crippen molar-refractivity contribution in [2.45, 2.75) is 57.7 Å². The lowest BCUT2D eigenvalue weighted by Gasteiger charge is -2.36. The minimum atomic E-state index is 0.568. The predicted molar refractivity (Wildman–Crippen MR) is 67.0 cm³/mol. The van der Waals surface area contributed by atoms with Crippen LogP contribution in [0.15, 0.2) is 0 Å². The van der Waals surface area contributed by atoms with Crippen molar-refractivity contribution in [3.63, 3.8) is 0 Å². The van der Waals surface area contributed by atoms with E-state index in [1.807, 2.05) is 11.8 Å². The van der Waals surface area contributed by atoms with Gasteiger partial charge in [0.1, 0.15) is 0 Å². The Morgan fingerprint density at radius 2 is 2.21 bits per heavy atom. The maximum Gasteiger partial charge on any atom is 0.0141 e. The third-order valence-corrected chi connectivity index (χ3v) is 4.27. The zero-order chi connectivity index (χ0) is 10.6. The van der Waals surface area contributed by atoms with Gasteiger partial charge in [-0.15, -0.1) is 0 Å². The van der Waals surface area contributed by atoms with Crippen molar-refractivity contribution in [1.82, 2.24) is 5.32 Å². The van der Waals surface area contributed by atoms with Crippen LogP contribution in [0.4, 0.5) is 0 Å². The molecule has 0 amide bonds. The van der Waals surface area contributed by atoms with Crippen LogP contribution in [0.2, 0.25) is 0 Å². The first-order valence-corrected chi connectivity index (χ1v) is 7.08. The van der Waals surface area contributed by atoms with Gasteiger partial charge in [-0.2, -0.15) is 11.8 Å². The van der Waals surface area contributed by atoms with Gasteiger partial charge in [0.2, 0.25) is 0 Å². The molecule has 2 unspecified atom stereocenters. The van der Waals surface area contributed by atoms with Crippen LogP contribution in [0, 0.1) is 5.41 Å². The Kier molecular flexibility index (Phi) is 4.78. The molecule has 1 nitrogen and oxygen atoms in total. The van der Waals surface area contributed by atoms with Crippen LogP contribution in [0.3, 0.4) is 0 Å². The standard InChI is InChI=1S/C12H25NS/c1-10(14-4)9-13-11-6-5-7-12(2,3)8-11/h10-11,13H,5-9H2,1-4H3. The predicted octanol–water partition coefficient (Wildman–Crippen LogP) is 3.30. The molecule has 0 bridgehead atoms. The highest BCUT2D eigenvalue weighted by atomic mass is 32.2. The average molecular weight is 215 g/mol. The summed E-state index contributed by atoms with van der Waals surface area (Å²) in [4.78, 5) is 0. The van der Waals surface area contributed by atoms with E-state index in [0.29, 0.717) is 5.41 Å². The molecule has 14 heavy (non-hydrogen) atoms. The topological polar surface area (TPSA) is 12.0 Å². The molecule has 1 aliphatic carbocycles. The van der Waals surface area contributed by atoms with Crippen LogP contribution < -0.4 is 5.32 Å². The number of nitrogens with one attached hydrogen (secondary N) is 1. The van der Waals surface area contributed by atoms with Crippen molar-refractivity contribution in [1.29, 1.82) is 0 Å². The van der Waals surface area contributed by atoms with Gasteiger partial charge in [-0.3, -0.25) is 0 Å². The summed E-state index contributed by atoms with van der Waals surface area (Å²) in [5.41, 5.74) is 0.568. The van der Waals surface area contributed by atoms with Crippen LogP contribution in [0.5, 0.6) is 0 Å². The lowest BCUT2D eigenvalue weighted by Crippen LogP contribution is -2.39. The fourth-order valence-corrected chi connectivity index (χ4v) is 2.55. The highest BCUT2D eigenvalue weighted by Crippen LogP contribution is 2.35. The van der Waals surface area contributed by atoms with Crippen molar-refractivity contribution in [3.05, 3.63) is 0 Å². The molecule has 0 radical (unpaired) electrons. The summed E-state index contributed by atoms with van der Waals surface area (Å²) in [6, 6.07) is 0.772. The first-order chi connectivity index (χ1) is 6.53. The van der Waals surface area contributed by atoms with E-state index in [1.54, 1.807) is 0 Å². The van der Waals surface area contributed by atoms with Gasteiger partial charge in [0.25, 0.3) is 0 Å². The number of hydrogen-bond donors (Lipinski definition) is 1. The van der Waals surface area contributed by atoms with Gasteiger partial charge in [0, 0.05) is 17.8 Å². The number of hydrogen-bond acceptors (Lipinski definition) is 2. The normalized spacial score (nSPS) is 28.7. The Hall–Kier alpha value is 0.310. The third kappa shape index (κ3) is 4.22. The quantitative estimate of drug-likeness (QED) is 0.772. The first-order valence-electron chi connectivity index (χ1n) is 5.80. The van der Waals surface area contributed by atoms with Gasteiger partial charge in [-0.05, 0) is 30.9 Å². The van der Waals surface area contributed by atoms with Gasteiger partial charge < -0.3 is 5.32 Å². The average Bonchev–Trinajstić information content (AvgIpc) is 2.12. The molecule has 1 N–H and O–H groups in total. The zero-order valence-electron chi connectivity index (χ0n) is 10.1. The fraction of sp³-hybridized carbons (Fsp3) is 1.00. The molecule has 1 saturated carbocycles. The summed E-state index contributed by atoms with van der Waals surface area (Å²) < 4.78 is 0. The van der Waals surface area contributed by atoms with E-state index in [-0.39, 0.29) is 0 Å². The highest BCUT2D eigenvalue weighted by Gasteiger charge is 2.27. The summed E-state index contributed by atoms with van der Waals surface area (Å²) in [6.45, 7) is 8.27. The molecule has 84 valence electrons. The monoisotopic (exact) mass is 215 g/mol. The smallest absolute Gasteiger partial charge is 0.0141 e. The largest absolute Gasteiger partial charge is 0.313 e. The third-order valence-electron chi connectivity index (χ3n) is 3.30. The van der Waals surface area contributed by atoms with Gasteiger partial charge in [-0.25, -0.2) is 0 Å². The molecule has 2 atom stereocenters. The van der Waals surface area contributed by atoms with Crippen molar-refractivity contribution in [2.75, 3.05) is 12.8 Å². The minimum absolute atomic E-state index is 0.568. The van der Waals surface area contributed by atoms with Gasteiger partial charge in [0.15, 0.2) is 0 Å². The maximum atomic E-state index is 3.71. The van der Waals surface area contributed by atoms with Crippen LogP contribution in [-0.4, -0.2) is 24.1 Å². The summed E-state index contributed by atoms with van der Waals surface area (Å²) in [6.07, 6.45) is 7.73. The summed E-state index contributed by atoms with van der Waals surface area (Å²) in [7, 11) is 0. The number of thioether (sulfide) groups is 1. The van der Waals surface area contributed by atoms with Crippen molar-refractivity contribution < 1.29 is 0 Å². The number of rotatable bonds is 4. The zero-order valence-corrected chi connectivity index (χ0v) is 10.9. The molecule has 1 aliphatic rings. The first kappa shape index (κ1) is 12.4. The SMILES string of the molecule is CSC(C)CNC1CCCC(C)(C)C1. The van der Waals surface area contributed by atoms with E-state index in [2.05, 4.69) is 32.3 Å². The second-order valence-electron chi connectivity index (χ2n) is 5.41. The molecule has 0 aromatic rings. The Morgan fingerprint density at radius 1 is 1.50 bits per heavy atom. The van der Waals surface area contributed by atoms with E-state index in [4.69, 9.17) is 0 Å². The van der Waals surface area contributed by atoms with E-state index in [1.165, 1.54) is 32.2 Å². The second-order valence-corrected chi connectivity index (χ2v) is 6.69. The van der Waals surface area contributed by atoms with E-state index in [9.17, 15) is 0 Å². The van der Waals surface area contributed by atoms with Crippen LogP contribution >= 0.6 is 11.8 Å². The molecular weight excluding hydrogens is 190 g/mol. The van der Waals surface area contributed by atoms with Gasteiger partial charge in [0.05, 0.1) is 0 Å². The molecule has 0 aromatic heterocycles. The molecule has 0 spiro atoms. The summed E-state index contributed by atoms with van der Waals surface area (Å²) in [5, 5.41) is 4.46. The van der Waals surface area contributed by atoms with E-state index in [0.717, 1.165) is 11.3 Å². The molecule has 0 aromatic carbocycles. The van der Waals surface area contributed by atoms with Crippen LogP contribution in [0.25, 0.3) is 0 Å². The minimum Gasteiger partial charge on any atom is -0.313 e. The van der Waals surface area contributed by atoms with Gasteiger partial charge >= 0.3 is 0 Å². The molecule has 0 saturated heterocycles. The van der Waals surface area contributed by atoms with Gasteiger partial charge in [-0.1, -0.05) is 27.2 Å². The molecule has 1 fully saturated rings.